The van der Waals surface area contributed by atoms with Crippen LogP contribution in [0.15, 0.2) is 52.9 Å². The molecule has 3 nitrogen and oxygen atoms in total. The number of amides is 1. The van der Waals surface area contributed by atoms with Crippen LogP contribution in [0.3, 0.4) is 0 Å². The molecule has 2 aromatic carbocycles. The fourth-order valence-electron chi connectivity index (χ4n) is 2.13. The Bertz CT molecular complexity index is 777. The standard InChI is InChI=1S/C15H10FNO2/c16-11-7-3-1-5-9(11)14-13(15(17)18)10-6-2-4-8-12(10)19-14/h1-8H,(H2,17,18). The van der Waals surface area contributed by atoms with E-state index in [1.807, 2.05) is 0 Å². The molecule has 0 bridgehead atoms. The van der Waals surface area contributed by atoms with E-state index in [0.29, 0.717) is 11.0 Å². The molecule has 0 saturated carbocycles. The third-order valence-electron chi connectivity index (χ3n) is 2.96. The van der Waals surface area contributed by atoms with Crippen LogP contribution in [0.5, 0.6) is 0 Å². The van der Waals surface area contributed by atoms with Crippen LogP contribution in [-0.4, -0.2) is 5.91 Å². The highest BCUT2D eigenvalue weighted by Gasteiger charge is 2.21. The summed E-state index contributed by atoms with van der Waals surface area (Å²) in [6.45, 7) is 0. The maximum atomic E-state index is 13.8. The topological polar surface area (TPSA) is 56.2 Å². The van der Waals surface area contributed by atoms with E-state index in [2.05, 4.69) is 0 Å². The maximum Gasteiger partial charge on any atom is 0.253 e. The molecular formula is C15H10FNO2. The van der Waals surface area contributed by atoms with Crippen molar-refractivity contribution in [3.8, 4) is 11.3 Å². The fraction of sp³-hybridized carbons (Fsp3) is 0. The second-order valence-electron chi connectivity index (χ2n) is 4.15. The van der Waals surface area contributed by atoms with E-state index in [1.165, 1.54) is 6.07 Å². The number of nitrogens with two attached hydrogens (primary N) is 1. The summed E-state index contributed by atoms with van der Waals surface area (Å²) >= 11 is 0. The predicted octanol–water partition coefficient (Wildman–Crippen LogP) is 3.34. The molecule has 1 amide bonds. The number of rotatable bonds is 2. The Kier molecular flexibility index (Phi) is 2.56. The van der Waals surface area contributed by atoms with Crippen LogP contribution in [0.4, 0.5) is 4.39 Å². The fourth-order valence-corrected chi connectivity index (χ4v) is 2.13. The number of benzene rings is 2. The average Bonchev–Trinajstić information content (AvgIpc) is 2.78. The zero-order valence-corrected chi connectivity index (χ0v) is 9.89. The molecule has 0 spiro atoms. The highest BCUT2D eigenvalue weighted by molar-refractivity contribution is 6.10. The van der Waals surface area contributed by atoms with Crippen LogP contribution in [-0.2, 0) is 0 Å². The SMILES string of the molecule is NC(=O)c1c(-c2ccccc2F)oc2ccccc12. The number of primary amides is 1. The molecule has 0 radical (unpaired) electrons. The monoisotopic (exact) mass is 255 g/mol. The van der Waals surface area contributed by atoms with E-state index in [-0.39, 0.29) is 16.9 Å². The van der Waals surface area contributed by atoms with E-state index in [1.54, 1.807) is 42.5 Å². The minimum absolute atomic E-state index is 0.173. The number of carbonyl (C=O) groups is 1. The van der Waals surface area contributed by atoms with E-state index < -0.39 is 11.7 Å². The highest BCUT2D eigenvalue weighted by atomic mass is 19.1. The quantitative estimate of drug-likeness (QED) is 0.763. The van der Waals surface area contributed by atoms with E-state index in [0.717, 1.165) is 0 Å². The van der Waals surface area contributed by atoms with Gasteiger partial charge in [-0.05, 0) is 18.2 Å². The lowest BCUT2D eigenvalue weighted by atomic mass is 10.0. The number of fused-ring (bicyclic) bond motifs is 1. The summed E-state index contributed by atoms with van der Waals surface area (Å²) < 4.78 is 19.4. The molecule has 1 aromatic heterocycles. The lowest BCUT2D eigenvalue weighted by Crippen LogP contribution is -2.11. The summed E-state index contributed by atoms with van der Waals surface area (Å²) in [7, 11) is 0. The number of hydrogen-bond donors (Lipinski definition) is 1. The van der Waals surface area contributed by atoms with Gasteiger partial charge in [-0.15, -0.1) is 0 Å². The molecule has 3 aromatic rings. The summed E-state index contributed by atoms with van der Waals surface area (Å²) in [5.74, 6) is -0.918. The van der Waals surface area contributed by atoms with Crippen LogP contribution in [0.2, 0.25) is 0 Å². The summed E-state index contributed by atoms with van der Waals surface area (Å²) in [5, 5.41) is 0.591. The molecule has 0 aliphatic rings. The van der Waals surface area contributed by atoms with Crippen molar-refractivity contribution in [2.45, 2.75) is 0 Å². The molecule has 0 fully saturated rings. The number of para-hydroxylation sites is 1. The van der Waals surface area contributed by atoms with Crippen molar-refractivity contribution < 1.29 is 13.6 Å². The average molecular weight is 255 g/mol. The zero-order chi connectivity index (χ0) is 13.4. The molecule has 0 saturated heterocycles. The van der Waals surface area contributed by atoms with Crippen molar-refractivity contribution in [3.63, 3.8) is 0 Å². The highest BCUT2D eigenvalue weighted by Crippen LogP contribution is 2.34. The largest absolute Gasteiger partial charge is 0.455 e. The van der Waals surface area contributed by atoms with Gasteiger partial charge in [-0.3, -0.25) is 4.79 Å². The van der Waals surface area contributed by atoms with Crippen molar-refractivity contribution >= 4 is 16.9 Å². The summed E-state index contributed by atoms with van der Waals surface area (Å²) in [5.41, 5.74) is 6.34. The molecule has 1 heterocycles. The Morgan fingerprint density at radius 2 is 1.74 bits per heavy atom. The van der Waals surface area contributed by atoms with Gasteiger partial charge in [0.1, 0.15) is 11.4 Å². The lowest BCUT2D eigenvalue weighted by molar-refractivity contribution is 0.100. The number of furan rings is 1. The summed E-state index contributed by atoms with van der Waals surface area (Å²) in [6, 6.07) is 13.1. The van der Waals surface area contributed by atoms with Crippen LogP contribution in [0.1, 0.15) is 10.4 Å². The van der Waals surface area contributed by atoms with Crippen LogP contribution >= 0.6 is 0 Å². The maximum absolute atomic E-state index is 13.8. The second kappa shape index (κ2) is 4.24. The van der Waals surface area contributed by atoms with Gasteiger partial charge in [0, 0.05) is 5.39 Å². The Hall–Kier alpha value is -2.62. The first kappa shape index (κ1) is 11.5. The predicted molar refractivity (Wildman–Crippen MR) is 70.1 cm³/mol. The van der Waals surface area contributed by atoms with Gasteiger partial charge in [0.2, 0.25) is 0 Å². The minimum atomic E-state index is -0.636. The van der Waals surface area contributed by atoms with Gasteiger partial charge in [-0.25, -0.2) is 4.39 Å². The number of hydrogen-bond acceptors (Lipinski definition) is 2. The van der Waals surface area contributed by atoms with Crippen molar-refractivity contribution in [2.75, 3.05) is 0 Å². The van der Waals surface area contributed by atoms with Crippen LogP contribution < -0.4 is 5.73 Å². The Balaban J connectivity index is 2.38. The van der Waals surface area contributed by atoms with Crippen molar-refractivity contribution in [1.82, 2.24) is 0 Å². The molecule has 0 unspecified atom stereocenters. The van der Waals surface area contributed by atoms with Gasteiger partial charge in [0.05, 0.1) is 11.1 Å². The van der Waals surface area contributed by atoms with E-state index in [9.17, 15) is 9.18 Å². The molecular weight excluding hydrogens is 245 g/mol. The molecule has 94 valence electrons. The Labute approximate surface area is 108 Å². The normalized spacial score (nSPS) is 10.8. The molecule has 2 N–H and O–H groups in total. The first-order chi connectivity index (χ1) is 9.18. The minimum Gasteiger partial charge on any atom is -0.455 e. The van der Waals surface area contributed by atoms with Gasteiger partial charge in [-0.2, -0.15) is 0 Å². The van der Waals surface area contributed by atoms with Crippen LogP contribution in [0.25, 0.3) is 22.3 Å². The van der Waals surface area contributed by atoms with Crippen LogP contribution in [0, 0.1) is 5.82 Å². The van der Waals surface area contributed by atoms with Gasteiger partial charge in [0.15, 0.2) is 5.76 Å². The molecule has 4 heteroatoms. The zero-order valence-electron chi connectivity index (χ0n) is 9.89. The molecule has 0 aliphatic carbocycles. The van der Waals surface area contributed by atoms with Gasteiger partial charge >= 0.3 is 0 Å². The van der Waals surface area contributed by atoms with E-state index in [4.69, 9.17) is 10.2 Å². The lowest BCUT2D eigenvalue weighted by Gasteiger charge is -2.01. The summed E-state index contributed by atoms with van der Waals surface area (Å²) in [4.78, 5) is 11.6. The second-order valence-corrected chi connectivity index (χ2v) is 4.15. The number of halogens is 1. The third kappa shape index (κ3) is 1.78. The van der Waals surface area contributed by atoms with Crippen molar-refractivity contribution in [3.05, 3.63) is 59.9 Å². The Morgan fingerprint density at radius 3 is 2.47 bits per heavy atom. The van der Waals surface area contributed by atoms with Crippen molar-refractivity contribution in [1.29, 1.82) is 0 Å². The van der Waals surface area contributed by atoms with E-state index >= 15 is 0 Å². The van der Waals surface area contributed by atoms with Crippen molar-refractivity contribution in [2.24, 2.45) is 5.73 Å². The van der Waals surface area contributed by atoms with Gasteiger partial charge < -0.3 is 10.2 Å². The molecule has 3 rings (SSSR count). The molecule has 0 aliphatic heterocycles. The first-order valence-corrected chi connectivity index (χ1v) is 5.74. The molecule has 19 heavy (non-hydrogen) atoms. The molecule has 0 atom stereocenters. The van der Waals surface area contributed by atoms with Gasteiger partial charge in [-0.1, -0.05) is 30.3 Å². The number of carbonyl (C=O) groups excluding carboxylic acids is 1. The summed E-state index contributed by atoms with van der Waals surface area (Å²) in [6.07, 6.45) is 0. The van der Waals surface area contributed by atoms with Gasteiger partial charge in [0.25, 0.3) is 5.91 Å². The first-order valence-electron chi connectivity index (χ1n) is 5.74. The Morgan fingerprint density at radius 1 is 1.05 bits per heavy atom. The smallest absolute Gasteiger partial charge is 0.253 e. The third-order valence-corrected chi connectivity index (χ3v) is 2.96.